The zero-order valence-corrected chi connectivity index (χ0v) is 16.7. The summed E-state index contributed by atoms with van der Waals surface area (Å²) in [5.74, 6) is -0.759. The first-order valence-electron chi connectivity index (χ1n) is 8.98. The zero-order chi connectivity index (χ0) is 19.8. The smallest absolute Gasteiger partial charge is 0.308 e. The lowest BCUT2D eigenvalue weighted by Gasteiger charge is -2.21. The lowest BCUT2D eigenvalue weighted by atomic mass is 9.98. The van der Waals surface area contributed by atoms with Crippen LogP contribution in [0, 0.1) is 5.82 Å². The second kappa shape index (κ2) is 7.34. The zero-order valence-electron chi connectivity index (χ0n) is 15.9. The molecule has 1 aliphatic rings. The minimum absolute atomic E-state index is 0.222. The van der Waals surface area contributed by atoms with Gasteiger partial charge in [-0.15, -0.1) is 10.2 Å². The van der Waals surface area contributed by atoms with E-state index in [1.807, 2.05) is 27.7 Å². The summed E-state index contributed by atoms with van der Waals surface area (Å²) in [5.41, 5.74) is 0.369. The number of benzene rings is 1. The normalized spacial score (nSPS) is 17.9. The highest BCUT2D eigenvalue weighted by atomic mass is 32.1. The van der Waals surface area contributed by atoms with E-state index in [1.54, 1.807) is 12.1 Å². The Morgan fingerprint density at radius 2 is 1.81 bits per heavy atom. The SMILES string of the molecule is CCCCN1C(=O)N(c2nnc(C(C)(C)C)s2)C(=O)C1c1ccc(F)cc1. The molecular weight excluding hydrogens is 367 g/mol. The molecule has 1 fully saturated rings. The third kappa shape index (κ3) is 3.71. The van der Waals surface area contributed by atoms with Crippen molar-refractivity contribution in [3.05, 3.63) is 40.7 Å². The van der Waals surface area contributed by atoms with Gasteiger partial charge < -0.3 is 4.90 Å². The van der Waals surface area contributed by atoms with Crippen LogP contribution in [-0.4, -0.2) is 33.6 Å². The van der Waals surface area contributed by atoms with Crippen LogP contribution < -0.4 is 4.90 Å². The number of rotatable bonds is 5. The molecule has 0 spiro atoms. The molecule has 1 saturated heterocycles. The fourth-order valence-corrected chi connectivity index (χ4v) is 3.80. The Labute approximate surface area is 162 Å². The van der Waals surface area contributed by atoms with E-state index in [4.69, 9.17) is 0 Å². The fourth-order valence-electron chi connectivity index (χ4n) is 2.89. The van der Waals surface area contributed by atoms with Gasteiger partial charge in [0, 0.05) is 12.0 Å². The molecule has 2 aromatic rings. The van der Waals surface area contributed by atoms with Gasteiger partial charge in [-0.2, -0.15) is 0 Å². The predicted molar refractivity (Wildman–Crippen MR) is 102 cm³/mol. The Hall–Kier alpha value is -2.35. The molecule has 0 bridgehead atoms. The van der Waals surface area contributed by atoms with Crippen molar-refractivity contribution in [3.63, 3.8) is 0 Å². The number of anilines is 1. The summed E-state index contributed by atoms with van der Waals surface area (Å²) in [6.45, 7) is 8.47. The predicted octanol–water partition coefficient (Wildman–Crippen LogP) is 4.28. The number of nitrogens with zero attached hydrogens (tertiary/aromatic N) is 4. The maximum absolute atomic E-state index is 13.3. The second-order valence-electron chi connectivity index (χ2n) is 7.60. The van der Waals surface area contributed by atoms with Crippen molar-refractivity contribution in [2.75, 3.05) is 11.4 Å². The summed E-state index contributed by atoms with van der Waals surface area (Å²) in [7, 11) is 0. The molecule has 1 aromatic heterocycles. The average Bonchev–Trinajstić information content (AvgIpc) is 3.17. The van der Waals surface area contributed by atoms with Crippen LogP contribution >= 0.6 is 11.3 Å². The molecule has 8 heteroatoms. The topological polar surface area (TPSA) is 66.4 Å². The molecular formula is C19H23FN4O2S. The molecule has 3 rings (SSSR count). The van der Waals surface area contributed by atoms with Gasteiger partial charge in [-0.25, -0.2) is 14.1 Å². The maximum atomic E-state index is 13.3. The first kappa shape index (κ1) is 19.4. The second-order valence-corrected chi connectivity index (χ2v) is 8.55. The van der Waals surface area contributed by atoms with Crippen LogP contribution in [0.15, 0.2) is 24.3 Å². The van der Waals surface area contributed by atoms with E-state index in [1.165, 1.54) is 28.4 Å². The number of unbranched alkanes of at least 4 members (excludes halogenated alkanes) is 1. The molecule has 0 saturated carbocycles. The highest BCUT2D eigenvalue weighted by molar-refractivity contribution is 7.15. The van der Waals surface area contributed by atoms with E-state index in [0.29, 0.717) is 12.1 Å². The van der Waals surface area contributed by atoms with Crippen LogP contribution in [0.2, 0.25) is 0 Å². The maximum Gasteiger partial charge on any atom is 0.334 e. The molecule has 0 radical (unpaired) electrons. The van der Waals surface area contributed by atoms with E-state index in [9.17, 15) is 14.0 Å². The van der Waals surface area contributed by atoms with Gasteiger partial charge in [0.1, 0.15) is 16.9 Å². The minimum Gasteiger partial charge on any atom is -0.308 e. The summed E-state index contributed by atoms with van der Waals surface area (Å²) in [5, 5.41) is 9.27. The van der Waals surface area contributed by atoms with Crippen molar-refractivity contribution in [3.8, 4) is 0 Å². The van der Waals surface area contributed by atoms with Gasteiger partial charge in [-0.05, 0) is 24.1 Å². The first-order valence-corrected chi connectivity index (χ1v) is 9.79. The van der Waals surface area contributed by atoms with Gasteiger partial charge in [0.05, 0.1) is 0 Å². The molecule has 0 N–H and O–H groups in total. The highest BCUT2D eigenvalue weighted by Crippen LogP contribution is 2.37. The summed E-state index contributed by atoms with van der Waals surface area (Å²) in [6.07, 6.45) is 1.66. The summed E-state index contributed by atoms with van der Waals surface area (Å²) in [6, 6.07) is 4.53. The molecule has 1 unspecified atom stereocenters. The lowest BCUT2D eigenvalue weighted by Crippen LogP contribution is -2.33. The summed E-state index contributed by atoms with van der Waals surface area (Å²) < 4.78 is 13.3. The van der Waals surface area contributed by atoms with Crippen LogP contribution in [0.5, 0.6) is 0 Å². The molecule has 6 nitrogen and oxygen atoms in total. The van der Waals surface area contributed by atoms with Gasteiger partial charge >= 0.3 is 6.03 Å². The van der Waals surface area contributed by atoms with Crippen molar-refractivity contribution in [1.29, 1.82) is 0 Å². The van der Waals surface area contributed by atoms with E-state index < -0.39 is 12.1 Å². The number of urea groups is 1. The summed E-state index contributed by atoms with van der Waals surface area (Å²) >= 11 is 1.25. The van der Waals surface area contributed by atoms with Gasteiger partial charge in [0.15, 0.2) is 0 Å². The van der Waals surface area contributed by atoms with Crippen LogP contribution in [0.1, 0.15) is 57.1 Å². The number of carbonyl (C=O) groups excluding carboxylic acids is 2. The Morgan fingerprint density at radius 1 is 1.15 bits per heavy atom. The van der Waals surface area contributed by atoms with Crippen LogP contribution in [0.25, 0.3) is 0 Å². The molecule has 1 atom stereocenters. The van der Waals surface area contributed by atoms with E-state index >= 15 is 0 Å². The lowest BCUT2D eigenvalue weighted by molar-refractivity contribution is -0.119. The number of hydrogen-bond acceptors (Lipinski definition) is 5. The van der Waals surface area contributed by atoms with E-state index in [0.717, 1.165) is 22.7 Å². The van der Waals surface area contributed by atoms with Gasteiger partial charge in [-0.1, -0.05) is 57.6 Å². The molecule has 27 heavy (non-hydrogen) atoms. The Morgan fingerprint density at radius 3 is 2.37 bits per heavy atom. The highest BCUT2D eigenvalue weighted by Gasteiger charge is 2.48. The van der Waals surface area contributed by atoms with Gasteiger partial charge in [0.25, 0.3) is 5.91 Å². The average molecular weight is 390 g/mol. The molecule has 1 aliphatic heterocycles. The van der Waals surface area contributed by atoms with Crippen LogP contribution in [0.3, 0.4) is 0 Å². The van der Waals surface area contributed by atoms with Crippen molar-refractivity contribution < 1.29 is 14.0 Å². The monoisotopic (exact) mass is 390 g/mol. The van der Waals surface area contributed by atoms with Gasteiger partial charge in [0.2, 0.25) is 5.13 Å². The number of imide groups is 1. The largest absolute Gasteiger partial charge is 0.334 e. The number of amides is 3. The van der Waals surface area contributed by atoms with Crippen molar-refractivity contribution >= 4 is 28.4 Å². The standard InChI is InChI=1S/C19H23FN4O2S/c1-5-6-11-23-14(12-7-9-13(20)10-8-12)15(25)24(18(23)26)17-22-21-16(27-17)19(2,3)4/h7-10,14H,5-6,11H2,1-4H3. The first-order chi connectivity index (χ1) is 12.7. The number of aromatic nitrogens is 2. The third-order valence-corrected chi connectivity index (χ3v) is 5.72. The Kier molecular flexibility index (Phi) is 5.28. The molecule has 3 amide bonds. The quantitative estimate of drug-likeness (QED) is 0.715. The van der Waals surface area contributed by atoms with E-state index in [2.05, 4.69) is 10.2 Å². The fraction of sp³-hybridized carbons (Fsp3) is 0.474. The van der Waals surface area contributed by atoms with Crippen LogP contribution in [0.4, 0.5) is 14.3 Å². The van der Waals surface area contributed by atoms with Gasteiger partial charge in [-0.3, -0.25) is 4.79 Å². The number of hydrogen-bond donors (Lipinski definition) is 0. The Balaban J connectivity index is 1.98. The number of carbonyl (C=O) groups is 2. The van der Waals surface area contributed by atoms with E-state index in [-0.39, 0.29) is 22.3 Å². The summed E-state index contributed by atoms with van der Waals surface area (Å²) in [4.78, 5) is 28.8. The number of halogens is 1. The molecule has 0 aliphatic carbocycles. The molecule has 1 aromatic carbocycles. The van der Waals surface area contributed by atoms with Crippen molar-refractivity contribution in [2.24, 2.45) is 0 Å². The van der Waals surface area contributed by atoms with Crippen molar-refractivity contribution in [2.45, 2.75) is 52.0 Å². The van der Waals surface area contributed by atoms with Crippen LogP contribution in [-0.2, 0) is 10.2 Å². The molecule has 144 valence electrons. The minimum atomic E-state index is -0.772. The third-order valence-electron chi connectivity index (χ3n) is 4.39. The van der Waals surface area contributed by atoms with Crippen molar-refractivity contribution in [1.82, 2.24) is 15.1 Å². The Bertz CT molecular complexity index is 844. The molecule has 2 heterocycles.